The van der Waals surface area contributed by atoms with E-state index < -0.39 is 0 Å². The van der Waals surface area contributed by atoms with Crippen LogP contribution in [-0.4, -0.2) is 26.2 Å². The SMILES string of the molecule is CC(N)CCCc1nc(-c2ncccn2)no1. The van der Waals surface area contributed by atoms with Crippen molar-refractivity contribution >= 4 is 0 Å². The molecule has 0 fully saturated rings. The minimum Gasteiger partial charge on any atom is -0.339 e. The third-order valence-electron chi connectivity index (χ3n) is 2.28. The summed E-state index contributed by atoms with van der Waals surface area (Å²) in [6.07, 6.45) is 5.92. The topological polar surface area (TPSA) is 90.7 Å². The maximum Gasteiger partial charge on any atom is 0.240 e. The van der Waals surface area contributed by atoms with Crippen molar-refractivity contribution in [2.24, 2.45) is 5.73 Å². The van der Waals surface area contributed by atoms with Crippen LogP contribution in [0.2, 0.25) is 0 Å². The van der Waals surface area contributed by atoms with Gasteiger partial charge in [-0.25, -0.2) is 9.97 Å². The molecule has 17 heavy (non-hydrogen) atoms. The molecule has 2 rings (SSSR count). The van der Waals surface area contributed by atoms with Gasteiger partial charge in [-0.3, -0.25) is 0 Å². The summed E-state index contributed by atoms with van der Waals surface area (Å²) in [4.78, 5) is 12.3. The lowest BCUT2D eigenvalue weighted by molar-refractivity contribution is 0.373. The first-order chi connectivity index (χ1) is 8.25. The molecule has 2 aromatic heterocycles. The molecular weight excluding hydrogens is 218 g/mol. The highest BCUT2D eigenvalue weighted by Gasteiger charge is 2.10. The van der Waals surface area contributed by atoms with E-state index in [4.69, 9.17) is 10.3 Å². The Morgan fingerprint density at radius 1 is 1.29 bits per heavy atom. The number of aryl methyl sites for hydroxylation is 1. The maximum atomic E-state index is 5.67. The zero-order valence-electron chi connectivity index (χ0n) is 9.71. The van der Waals surface area contributed by atoms with Gasteiger partial charge in [0.15, 0.2) is 0 Å². The second kappa shape index (κ2) is 5.49. The van der Waals surface area contributed by atoms with Gasteiger partial charge in [0.05, 0.1) is 0 Å². The van der Waals surface area contributed by atoms with Crippen molar-refractivity contribution < 1.29 is 4.52 Å². The molecule has 2 aromatic rings. The molecule has 6 heteroatoms. The highest BCUT2D eigenvalue weighted by molar-refractivity contribution is 5.40. The van der Waals surface area contributed by atoms with Gasteiger partial charge in [-0.1, -0.05) is 5.16 Å². The Labute approximate surface area is 99.3 Å². The van der Waals surface area contributed by atoms with E-state index >= 15 is 0 Å². The van der Waals surface area contributed by atoms with Crippen LogP contribution in [0.15, 0.2) is 23.0 Å². The van der Waals surface area contributed by atoms with Gasteiger partial charge in [-0.15, -0.1) is 0 Å². The molecule has 1 unspecified atom stereocenters. The molecule has 90 valence electrons. The van der Waals surface area contributed by atoms with Crippen molar-refractivity contribution in [3.63, 3.8) is 0 Å². The summed E-state index contributed by atoms with van der Waals surface area (Å²) in [6.45, 7) is 1.98. The van der Waals surface area contributed by atoms with E-state index in [1.54, 1.807) is 18.5 Å². The molecule has 0 aliphatic carbocycles. The van der Waals surface area contributed by atoms with E-state index in [1.807, 2.05) is 6.92 Å². The van der Waals surface area contributed by atoms with Crippen LogP contribution in [0.4, 0.5) is 0 Å². The summed E-state index contributed by atoms with van der Waals surface area (Å²) < 4.78 is 5.12. The van der Waals surface area contributed by atoms with Gasteiger partial charge in [-0.05, 0) is 25.8 Å². The van der Waals surface area contributed by atoms with Crippen LogP contribution in [0.1, 0.15) is 25.7 Å². The van der Waals surface area contributed by atoms with E-state index in [9.17, 15) is 0 Å². The van der Waals surface area contributed by atoms with Gasteiger partial charge in [0.2, 0.25) is 17.5 Å². The van der Waals surface area contributed by atoms with Crippen molar-refractivity contribution in [2.45, 2.75) is 32.2 Å². The Morgan fingerprint density at radius 2 is 2.06 bits per heavy atom. The molecule has 0 spiro atoms. The third-order valence-corrected chi connectivity index (χ3v) is 2.28. The number of hydrogen-bond donors (Lipinski definition) is 1. The zero-order valence-corrected chi connectivity index (χ0v) is 9.71. The summed E-state index contributed by atoms with van der Waals surface area (Å²) in [7, 11) is 0. The predicted molar refractivity (Wildman–Crippen MR) is 61.9 cm³/mol. The quantitative estimate of drug-likeness (QED) is 0.834. The van der Waals surface area contributed by atoms with Crippen molar-refractivity contribution in [3.8, 4) is 11.6 Å². The Bertz CT molecular complexity index is 454. The first-order valence-corrected chi connectivity index (χ1v) is 5.61. The molecule has 0 radical (unpaired) electrons. The van der Waals surface area contributed by atoms with Gasteiger partial charge in [0, 0.05) is 24.9 Å². The first-order valence-electron chi connectivity index (χ1n) is 5.61. The lowest BCUT2D eigenvalue weighted by Crippen LogP contribution is -2.14. The summed E-state index contributed by atoms with van der Waals surface area (Å²) >= 11 is 0. The minimum atomic E-state index is 0.204. The highest BCUT2D eigenvalue weighted by atomic mass is 16.5. The van der Waals surface area contributed by atoms with Crippen molar-refractivity contribution in [3.05, 3.63) is 24.4 Å². The van der Waals surface area contributed by atoms with Crippen LogP contribution in [0.3, 0.4) is 0 Å². The zero-order chi connectivity index (χ0) is 12.1. The summed E-state index contributed by atoms with van der Waals surface area (Å²) in [5.41, 5.74) is 5.67. The fourth-order valence-corrected chi connectivity index (χ4v) is 1.44. The van der Waals surface area contributed by atoms with Gasteiger partial charge < -0.3 is 10.3 Å². The van der Waals surface area contributed by atoms with E-state index in [2.05, 4.69) is 20.1 Å². The van der Waals surface area contributed by atoms with E-state index in [0.29, 0.717) is 17.5 Å². The first kappa shape index (κ1) is 11.7. The Balaban J connectivity index is 1.97. The van der Waals surface area contributed by atoms with Crippen molar-refractivity contribution in [2.75, 3.05) is 0 Å². The number of aromatic nitrogens is 4. The lowest BCUT2D eigenvalue weighted by Gasteiger charge is -2.00. The van der Waals surface area contributed by atoms with Crippen LogP contribution < -0.4 is 5.73 Å². The Hall–Kier alpha value is -1.82. The van der Waals surface area contributed by atoms with E-state index in [0.717, 1.165) is 19.3 Å². The number of hydrogen-bond acceptors (Lipinski definition) is 6. The second-order valence-electron chi connectivity index (χ2n) is 3.95. The van der Waals surface area contributed by atoms with Crippen LogP contribution in [0.5, 0.6) is 0 Å². The number of nitrogens with two attached hydrogens (primary N) is 1. The molecule has 0 aliphatic rings. The molecular formula is C11H15N5O. The molecule has 0 saturated heterocycles. The highest BCUT2D eigenvalue weighted by Crippen LogP contribution is 2.11. The standard InChI is InChI=1S/C11H15N5O/c1-8(12)4-2-5-9-15-11(16-17-9)10-13-6-3-7-14-10/h3,6-8H,2,4-5,12H2,1H3. The van der Waals surface area contributed by atoms with Gasteiger partial charge >= 0.3 is 0 Å². The van der Waals surface area contributed by atoms with Gasteiger partial charge in [-0.2, -0.15) is 4.98 Å². The summed E-state index contributed by atoms with van der Waals surface area (Å²) in [5.74, 6) is 1.52. The average molecular weight is 233 g/mol. The molecule has 0 aromatic carbocycles. The molecule has 2 N–H and O–H groups in total. The van der Waals surface area contributed by atoms with Gasteiger partial charge in [0.1, 0.15) is 0 Å². The van der Waals surface area contributed by atoms with Crippen LogP contribution in [0.25, 0.3) is 11.6 Å². The molecule has 1 atom stereocenters. The summed E-state index contributed by atoms with van der Waals surface area (Å²) in [5, 5.41) is 3.84. The maximum absolute atomic E-state index is 5.67. The van der Waals surface area contributed by atoms with Crippen molar-refractivity contribution in [1.29, 1.82) is 0 Å². The lowest BCUT2D eigenvalue weighted by atomic mass is 10.1. The van der Waals surface area contributed by atoms with E-state index in [-0.39, 0.29) is 6.04 Å². The molecule has 0 bridgehead atoms. The monoisotopic (exact) mass is 233 g/mol. The fourth-order valence-electron chi connectivity index (χ4n) is 1.44. The van der Waals surface area contributed by atoms with Crippen LogP contribution in [-0.2, 0) is 6.42 Å². The molecule has 0 amide bonds. The second-order valence-corrected chi connectivity index (χ2v) is 3.95. The Kier molecular flexibility index (Phi) is 3.77. The molecule has 6 nitrogen and oxygen atoms in total. The van der Waals surface area contributed by atoms with Crippen molar-refractivity contribution in [1.82, 2.24) is 20.1 Å². The molecule has 0 saturated carbocycles. The number of nitrogens with zero attached hydrogens (tertiary/aromatic N) is 4. The van der Waals surface area contributed by atoms with E-state index in [1.165, 1.54) is 0 Å². The fraction of sp³-hybridized carbons (Fsp3) is 0.455. The molecule has 2 heterocycles. The van der Waals surface area contributed by atoms with Crippen LogP contribution in [0, 0.1) is 0 Å². The average Bonchev–Trinajstić information content (AvgIpc) is 2.78. The Morgan fingerprint density at radius 3 is 2.76 bits per heavy atom. The number of rotatable bonds is 5. The summed E-state index contributed by atoms with van der Waals surface area (Å²) in [6, 6.07) is 1.95. The smallest absolute Gasteiger partial charge is 0.240 e. The molecule has 0 aliphatic heterocycles. The predicted octanol–water partition coefficient (Wildman–Crippen LogP) is 1.20. The largest absolute Gasteiger partial charge is 0.339 e. The van der Waals surface area contributed by atoms with Crippen LogP contribution >= 0.6 is 0 Å². The van der Waals surface area contributed by atoms with Gasteiger partial charge in [0.25, 0.3) is 0 Å². The minimum absolute atomic E-state index is 0.204. The normalized spacial score (nSPS) is 12.6. The third kappa shape index (κ3) is 3.32.